The summed E-state index contributed by atoms with van der Waals surface area (Å²) in [4.78, 5) is 31.9. The number of carbonyl (C=O) groups is 3. The Bertz CT molecular complexity index is 2130. The normalized spacial score (nSPS) is 13.7. The lowest BCUT2D eigenvalue weighted by Crippen LogP contribution is -2.28. The highest BCUT2D eigenvalue weighted by Gasteiger charge is 2.29. The van der Waals surface area contributed by atoms with Crippen molar-refractivity contribution in [2.75, 3.05) is 19.6 Å². The third kappa shape index (κ3) is 7.91. The molecule has 0 saturated carbocycles. The molecule has 15 nitrogen and oxygen atoms in total. The second-order valence-corrected chi connectivity index (χ2v) is 16.2. The molecule has 0 aliphatic heterocycles. The van der Waals surface area contributed by atoms with Gasteiger partial charge < -0.3 is 20.4 Å². The van der Waals surface area contributed by atoms with Gasteiger partial charge in [-0.25, -0.2) is 35.2 Å². The molecule has 0 amide bonds. The van der Waals surface area contributed by atoms with Crippen molar-refractivity contribution in [1.29, 1.82) is 0 Å². The number of aromatic hydroxyl groups is 1. The molecule has 0 heterocycles. The summed E-state index contributed by atoms with van der Waals surface area (Å²) in [7, 11) is -12.3. The predicted octanol–water partition coefficient (Wildman–Crippen LogP) is 2.02. The Morgan fingerprint density at radius 1 is 0.574 bits per heavy atom. The molecule has 1 unspecified atom stereocenters. The van der Waals surface area contributed by atoms with Crippen molar-refractivity contribution in [2.24, 2.45) is 0 Å². The van der Waals surface area contributed by atoms with Crippen LogP contribution in [0.15, 0.2) is 51.1 Å². The Morgan fingerprint density at radius 2 is 0.936 bits per heavy atom. The highest BCUT2D eigenvalue weighted by Crippen LogP contribution is 2.44. The minimum atomic E-state index is -4.48. The van der Waals surface area contributed by atoms with E-state index in [9.17, 15) is 40.5 Å². The Balaban J connectivity index is 1.98. The number of nitrogens with one attached hydrogen (secondary N) is 3. The van der Waals surface area contributed by atoms with Crippen molar-refractivity contribution in [1.82, 2.24) is 14.2 Å². The van der Waals surface area contributed by atoms with E-state index in [0.717, 1.165) is 6.07 Å². The van der Waals surface area contributed by atoms with Gasteiger partial charge in [-0.15, -0.1) is 0 Å². The van der Waals surface area contributed by atoms with Crippen LogP contribution in [-0.2, 0) is 44.1 Å². The highest BCUT2D eigenvalue weighted by molar-refractivity contribution is 7.98. The minimum Gasteiger partial charge on any atom is -0.507 e. The molecular formula is C29H33N3O12S3. The van der Waals surface area contributed by atoms with Gasteiger partial charge in [-0.05, 0) is 43.3 Å². The summed E-state index contributed by atoms with van der Waals surface area (Å²) >= 11 is 0. The number of carboxylic acid groups (broad SMARTS) is 3. The van der Waals surface area contributed by atoms with Crippen molar-refractivity contribution in [2.45, 2.75) is 53.2 Å². The van der Waals surface area contributed by atoms with E-state index in [-0.39, 0.29) is 101 Å². The van der Waals surface area contributed by atoms with Crippen LogP contribution in [0.2, 0.25) is 0 Å². The van der Waals surface area contributed by atoms with Crippen molar-refractivity contribution in [3.63, 3.8) is 0 Å². The molecule has 0 aliphatic carbocycles. The number of phenolic OH excluding ortho intramolecular Hbond substituents is 1. The van der Waals surface area contributed by atoms with Crippen LogP contribution in [0.4, 0.5) is 0 Å². The molecule has 0 spiro atoms. The van der Waals surface area contributed by atoms with Crippen LogP contribution in [0.5, 0.6) is 5.75 Å². The van der Waals surface area contributed by atoms with Gasteiger partial charge in [-0.1, -0.05) is 18.2 Å². The molecule has 18 heteroatoms. The Kier molecular flexibility index (Phi) is 10.6. The van der Waals surface area contributed by atoms with Crippen LogP contribution in [0.25, 0.3) is 32.3 Å². The number of hydrogen-bond donors (Lipinski definition) is 7. The molecule has 0 aromatic heterocycles. The van der Waals surface area contributed by atoms with Gasteiger partial charge in [0.15, 0.2) is 0 Å². The summed E-state index contributed by atoms with van der Waals surface area (Å²) in [5.41, 5.74) is 0. The van der Waals surface area contributed by atoms with Gasteiger partial charge in [0.05, 0.1) is 24.4 Å². The number of phenols is 1. The molecule has 47 heavy (non-hydrogen) atoms. The molecule has 4 rings (SSSR count). The molecule has 0 bridgehead atoms. The minimum absolute atomic E-state index is 0.00323. The summed E-state index contributed by atoms with van der Waals surface area (Å²) in [5.74, 6) is 0.0848. The van der Waals surface area contributed by atoms with Crippen LogP contribution in [0.1, 0.15) is 38.5 Å². The summed E-state index contributed by atoms with van der Waals surface area (Å²) < 4.78 is 75.6. The van der Waals surface area contributed by atoms with Gasteiger partial charge in [0, 0.05) is 71.2 Å². The number of rotatable bonds is 18. The maximum Gasteiger partial charge on any atom is 0.303 e. The zero-order valence-electron chi connectivity index (χ0n) is 24.8. The van der Waals surface area contributed by atoms with E-state index in [2.05, 4.69) is 20.0 Å². The van der Waals surface area contributed by atoms with E-state index in [0.29, 0.717) is 0 Å². The second-order valence-electron chi connectivity index (χ2n) is 10.7. The largest absolute Gasteiger partial charge is 0.507 e. The van der Waals surface area contributed by atoms with E-state index < -0.39 is 57.5 Å². The first-order valence-electron chi connectivity index (χ1n) is 14.2. The zero-order valence-corrected chi connectivity index (χ0v) is 27.3. The fourth-order valence-electron chi connectivity index (χ4n) is 5.20. The predicted molar refractivity (Wildman–Crippen MR) is 174 cm³/mol. The van der Waals surface area contributed by atoms with Crippen molar-refractivity contribution in [3.05, 3.63) is 36.4 Å². The number of sulfonamides is 2. The monoisotopic (exact) mass is 711 g/mol. The lowest BCUT2D eigenvalue weighted by Gasteiger charge is -2.21. The van der Waals surface area contributed by atoms with E-state index in [1.54, 1.807) is 0 Å². The maximum atomic E-state index is 13.8. The van der Waals surface area contributed by atoms with E-state index in [1.165, 1.54) is 30.3 Å². The average Bonchev–Trinajstić information content (AvgIpc) is 2.98. The highest BCUT2D eigenvalue weighted by atomic mass is 32.2. The van der Waals surface area contributed by atoms with Crippen LogP contribution in [0.3, 0.4) is 0 Å². The molecule has 254 valence electrons. The fourth-order valence-corrected chi connectivity index (χ4v) is 9.33. The van der Waals surface area contributed by atoms with Crippen LogP contribution < -0.4 is 14.2 Å². The molecule has 0 radical (unpaired) electrons. The van der Waals surface area contributed by atoms with Gasteiger partial charge >= 0.3 is 17.9 Å². The molecular weight excluding hydrogens is 679 g/mol. The first-order chi connectivity index (χ1) is 22.0. The third-order valence-corrected chi connectivity index (χ3v) is 12.0. The van der Waals surface area contributed by atoms with Crippen molar-refractivity contribution >= 4 is 85.9 Å². The first-order valence-corrected chi connectivity index (χ1v) is 18.9. The molecule has 4 aromatic carbocycles. The summed E-state index contributed by atoms with van der Waals surface area (Å²) in [6.07, 6.45) is -0.817. The Hall–Kier alpha value is -4.07. The van der Waals surface area contributed by atoms with Gasteiger partial charge in [0.2, 0.25) is 20.0 Å². The maximum absolute atomic E-state index is 13.8. The number of hydrogen-bond acceptors (Lipinski definition) is 9. The van der Waals surface area contributed by atoms with Gasteiger partial charge in [-0.3, -0.25) is 14.4 Å². The van der Waals surface area contributed by atoms with Crippen LogP contribution in [-0.4, -0.2) is 84.9 Å². The van der Waals surface area contributed by atoms with Gasteiger partial charge in [0.25, 0.3) is 0 Å². The lowest BCUT2D eigenvalue weighted by atomic mass is 9.94. The standard InChI is InChI=1S/C29H33N3O12S3/c1-45(40,30-12-2-5-25(34)35)22-15-21(33)17-8-9-19-23(46(41,42)31-13-3-6-26(36)37)16-24(20-11-10-18(22)28(17)29(19)20)47(43,44)32-14-4-7-27(38)39/h8-11,15-16,31-33H,1-7,12-14H2,(H,30,40)(H,34,35)(H,36,37)(H,38,39). The quantitative estimate of drug-likeness (QED) is 0.0445. The Morgan fingerprint density at radius 3 is 1.36 bits per heavy atom. The lowest BCUT2D eigenvalue weighted by molar-refractivity contribution is -0.138. The van der Waals surface area contributed by atoms with E-state index in [1.807, 2.05) is 0 Å². The summed E-state index contributed by atoms with van der Waals surface area (Å²) in [6.45, 7) is -0.536. The second kappa shape index (κ2) is 14.0. The van der Waals surface area contributed by atoms with Crippen molar-refractivity contribution in [3.8, 4) is 5.75 Å². The third-order valence-electron chi connectivity index (χ3n) is 7.32. The fraction of sp³-hybridized carbons (Fsp3) is 0.310. The average molecular weight is 712 g/mol. The molecule has 1 atom stereocenters. The van der Waals surface area contributed by atoms with E-state index >= 15 is 0 Å². The van der Waals surface area contributed by atoms with Gasteiger partial charge in [-0.2, -0.15) is 0 Å². The van der Waals surface area contributed by atoms with Crippen LogP contribution in [0, 0.1) is 0 Å². The topological polar surface area (TPSA) is 254 Å². The molecule has 0 fully saturated rings. The molecule has 4 aromatic rings. The van der Waals surface area contributed by atoms with Crippen LogP contribution >= 0.6 is 0 Å². The molecule has 7 N–H and O–H groups in total. The number of benzene rings is 4. The number of carboxylic acids is 3. The molecule has 0 aliphatic rings. The first kappa shape index (κ1) is 35.8. The SMILES string of the molecule is C=S(=O)(NCCCC(=O)O)c1cc(O)c2ccc3c(S(=O)(=O)NCCCC(=O)O)cc(S(=O)(=O)NCCCC(=O)O)c4ccc1c2c34. The number of aliphatic carboxylic acids is 3. The molecule has 0 saturated heterocycles. The van der Waals surface area contributed by atoms with E-state index in [4.69, 9.17) is 15.3 Å². The zero-order chi connectivity index (χ0) is 34.7. The smallest absolute Gasteiger partial charge is 0.303 e. The van der Waals surface area contributed by atoms with Crippen molar-refractivity contribution < 1.29 is 55.9 Å². The summed E-state index contributed by atoms with van der Waals surface area (Å²) in [6, 6.07) is 7.85. The van der Waals surface area contributed by atoms with Gasteiger partial charge in [0.1, 0.15) is 5.75 Å². The Labute approximate surface area is 270 Å². The summed E-state index contributed by atoms with van der Waals surface area (Å²) in [5, 5.41) is 38.7.